The van der Waals surface area contributed by atoms with Gasteiger partial charge in [0.05, 0.1) is 16.9 Å². The predicted molar refractivity (Wildman–Crippen MR) is 76.9 cm³/mol. The average molecular weight is 375 g/mol. The van der Waals surface area contributed by atoms with Crippen LogP contribution in [-0.2, 0) is 0 Å². The lowest BCUT2D eigenvalue weighted by atomic mass is 10.1. The van der Waals surface area contributed by atoms with E-state index >= 15 is 0 Å². The minimum atomic E-state index is -1.17. The molecule has 0 atom stereocenters. The lowest BCUT2D eigenvalue weighted by molar-refractivity contribution is 0.0683. The Balaban J connectivity index is 2.58. The van der Waals surface area contributed by atoms with Gasteiger partial charge < -0.3 is 5.11 Å². The smallest absolute Gasteiger partial charge is 0.373 e. The standard InChI is InChI=1S/C12H8ClIN2O2/c1-6-2-3-7(4-9(6)14)10-8(13)5-15-11(16-10)12(17)18/h2-5H,1H3,(H,17,18). The molecule has 1 aromatic heterocycles. The molecule has 0 saturated heterocycles. The first-order valence-corrected chi connectivity index (χ1v) is 6.47. The Kier molecular flexibility index (Phi) is 3.82. The molecule has 0 bridgehead atoms. The maximum absolute atomic E-state index is 10.8. The van der Waals surface area contributed by atoms with Crippen molar-refractivity contribution in [2.24, 2.45) is 0 Å². The molecule has 18 heavy (non-hydrogen) atoms. The van der Waals surface area contributed by atoms with Gasteiger partial charge in [-0.15, -0.1) is 0 Å². The van der Waals surface area contributed by atoms with Crippen LogP contribution in [-0.4, -0.2) is 21.0 Å². The zero-order valence-electron chi connectivity index (χ0n) is 9.32. The van der Waals surface area contributed by atoms with Crippen molar-refractivity contribution in [3.05, 3.63) is 44.4 Å². The molecule has 92 valence electrons. The van der Waals surface area contributed by atoms with Crippen LogP contribution in [0, 0.1) is 10.5 Å². The Morgan fingerprint density at radius 2 is 2.17 bits per heavy atom. The second kappa shape index (κ2) is 5.19. The first-order valence-electron chi connectivity index (χ1n) is 5.01. The van der Waals surface area contributed by atoms with Crippen LogP contribution >= 0.6 is 34.2 Å². The van der Waals surface area contributed by atoms with Gasteiger partial charge in [-0.1, -0.05) is 23.7 Å². The highest BCUT2D eigenvalue weighted by molar-refractivity contribution is 14.1. The number of aromatic carboxylic acids is 1. The second-order valence-corrected chi connectivity index (χ2v) is 5.23. The number of hydrogen-bond donors (Lipinski definition) is 1. The van der Waals surface area contributed by atoms with E-state index in [0.717, 1.165) is 14.7 Å². The minimum Gasteiger partial charge on any atom is -0.475 e. The zero-order valence-corrected chi connectivity index (χ0v) is 12.2. The number of aryl methyl sites for hydroxylation is 1. The minimum absolute atomic E-state index is 0.259. The van der Waals surface area contributed by atoms with Crippen LogP contribution in [0.4, 0.5) is 0 Å². The van der Waals surface area contributed by atoms with Crippen molar-refractivity contribution in [1.29, 1.82) is 0 Å². The third-order valence-electron chi connectivity index (χ3n) is 2.38. The topological polar surface area (TPSA) is 63.1 Å². The summed E-state index contributed by atoms with van der Waals surface area (Å²) >= 11 is 8.21. The fourth-order valence-electron chi connectivity index (χ4n) is 1.41. The van der Waals surface area contributed by atoms with E-state index in [0.29, 0.717) is 10.7 Å². The molecule has 0 aliphatic rings. The summed E-state index contributed by atoms with van der Waals surface area (Å²) in [5.74, 6) is -1.43. The highest BCUT2D eigenvalue weighted by Gasteiger charge is 2.13. The summed E-state index contributed by atoms with van der Waals surface area (Å²) in [6, 6.07) is 5.71. The summed E-state index contributed by atoms with van der Waals surface area (Å²) in [6.07, 6.45) is 1.31. The molecular formula is C12H8ClIN2O2. The molecule has 0 amide bonds. The SMILES string of the molecule is Cc1ccc(-c2nc(C(=O)O)ncc2Cl)cc1I. The first kappa shape index (κ1) is 13.2. The Morgan fingerprint density at radius 1 is 1.44 bits per heavy atom. The van der Waals surface area contributed by atoms with Crippen molar-refractivity contribution >= 4 is 40.2 Å². The summed E-state index contributed by atoms with van der Waals surface area (Å²) in [5, 5.41) is 9.21. The molecule has 0 fully saturated rings. The molecule has 1 heterocycles. The van der Waals surface area contributed by atoms with E-state index in [1.54, 1.807) is 0 Å². The normalized spacial score (nSPS) is 10.4. The van der Waals surface area contributed by atoms with Crippen LogP contribution in [0.2, 0.25) is 5.02 Å². The maximum Gasteiger partial charge on any atom is 0.373 e. The Hall–Kier alpha value is -1.21. The molecule has 0 spiro atoms. The molecule has 0 radical (unpaired) electrons. The van der Waals surface area contributed by atoms with Gasteiger partial charge in [-0.25, -0.2) is 14.8 Å². The number of halogens is 2. The van der Waals surface area contributed by atoms with Gasteiger partial charge in [0.2, 0.25) is 5.82 Å². The summed E-state index contributed by atoms with van der Waals surface area (Å²) in [7, 11) is 0. The molecule has 4 nitrogen and oxygen atoms in total. The summed E-state index contributed by atoms with van der Waals surface area (Å²) in [6.45, 7) is 2.00. The number of rotatable bonds is 2. The molecule has 2 rings (SSSR count). The molecule has 0 saturated carbocycles. The molecule has 1 aromatic carbocycles. The van der Waals surface area contributed by atoms with Gasteiger partial charge in [0.1, 0.15) is 0 Å². The van der Waals surface area contributed by atoms with Crippen molar-refractivity contribution in [2.45, 2.75) is 6.92 Å². The quantitative estimate of drug-likeness (QED) is 0.818. The summed E-state index contributed by atoms with van der Waals surface area (Å²) in [4.78, 5) is 18.5. The highest BCUT2D eigenvalue weighted by atomic mass is 127. The van der Waals surface area contributed by atoms with Gasteiger partial charge in [0.25, 0.3) is 0 Å². The lowest BCUT2D eigenvalue weighted by Crippen LogP contribution is -2.05. The van der Waals surface area contributed by atoms with Gasteiger partial charge in [-0.2, -0.15) is 0 Å². The van der Waals surface area contributed by atoms with E-state index in [4.69, 9.17) is 16.7 Å². The summed E-state index contributed by atoms with van der Waals surface area (Å²) in [5.41, 5.74) is 2.35. The van der Waals surface area contributed by atoms with Crippen molar-refractivity contribution in [1.82, 2.24) is 9.97 Å². The lowest BCUT2D eigenvalue weighted by Gasteiger charge is -2.06. The molecule has 0 aliphatic carbocycles. The van der Waals surface area contributed by atoms with E-state index in [1.165, 1.54) is 6.20 Å². The Labute approximate surface area is 122 Å². The number of carbonyl (C=O) groups is 1. The van der Waals surface area contributed by atoms with Crippen LogP contribution in [0.5, 0.6) is 0 Å². The summed E-state index contributed by atoms with van der Waals surface area (Å²) < 4.78 is 1.07. The number of nitrogens with zero attached hydrogens (tertiary/aromatic N) is 2. The first-order chi connectivity index (χ1) is 8.49. The van der Waals surface area contributed by atoms with Gasteiger partial charge in [-0.3, -0.25) is 0 Å². The van der Waals surface area contributed by atoms with Crippen LogP contribution in [0.15, 0.2) is 24.4 Å². The average Bonchev–Trinajstić information content (AvgIpc) is 2.33. The van der Waals surface area contributed by atoms with E-state index in [1.807, 2.05) is 25.1 Å². The van der Waals surface area contributed by atoms with Crippen molar-refractivity contribution < 1.29 is 9.90 Å². The monoisotopic (exact) mass is 374 g/mol. The van der Waals surface area contributed by atoms with Crippen LogP contribution < -0.4 is 0 Å². The largest absolute Gasteiger partial charge is 0.475 e. The van der Waals surface area contributed by atoms with Crippen molar-refractivity contribution in [2.75, 3.05) is 0 Å². The Bertz CT molecular complexity index is 631. The number of hydrogen-bond acceptors (Lipinski definition) is 3. The fourth-order valence-corrected chi connectivity index (χ4v) is 2.13. The highest BCUT2D eigenvalue weighted by Crippen LogP contribution is 2.27. The van der Waals surface area contributed by atoms with Gasteiger partial charge in [-0.05, 0) is 41.1 Å². The molecular weight excluding hydrogens is 367 g/mol. The zero-order chi connectivity index (χ0) is 13.3. The molecule has 0 unspecified atom stereocenters. The molecule has 2 aromatic rings. The molecule has 0 aliphatic heterocycles. The van der Waals surface area contributed by atoms with E-state index in [2.05, 4.69) is 32.6 Å². The van der Waals surface area contributed by atoms with E-state index in [-0.39, 0.29) is 5.82 Å². The third kappa shape index (κ3) is 2.62. The maximum atomic E-state index is 10.8. The van der Waals surface area contributed by atoms with Gasteiger partial charge in [0, 0.05) is 9.13 Å². The second-order valence-electron chi connectivity index (χ2n) is 3.66. The molecule has 1 N–H and O–H groups in total. The number of carboxylic acids is 1. The van der Waals surface area contributed by atoms with E-state index < -0.39 is 5.97 Å². The predicted octanol–water partition coefficient (Wildman–Crippen LogP) is 3.41. The third-order valence-corrected chi connectivity index (χ3v) is 3.82. The van der Waals surface area contributed by atoms with E-state index in [9.17, 15) is 4.79 Å². The fraction of sp³-hybridized carbons (Fsp3) is 0.0833. The van der Waals surface area contributed by atoms with Crippen LogP contribution in [0.3, 0.4) is 0 Å². The van der Waals surface area contributed by atoms with Gasteiger partial charge in [0.15, 0.2) is 0 Å². The van der Waals surface area contributed by atoms with Crippen LogP contribution in [0.25, 0.3) is 11.3 Å². The number of carboxylic acid groups (broad SMARTS) is 1. The number of aromatic nitrogens is 2. The van der Waals surface area contributed by atoms with Gasteiger partial charge >= 0.3 is 5.97 Å². The van der Waals surface area contributed by atoms with Crippen molar-refractivity contribution in [3.8, 4) is 11.3 Å². The number of benzene rings is 1. The Morgan fingerprint density at radius 3 is 2.78 bits per heavy atom. The van der Waals surface area contributed by atoms with Crippen molar-refractivity contribution in [3.63, 3.8) is 0 Å². The van der Waals surface area contributed by atoms with Crippen LogP contribution in [0.1, 0.15) is 16.2 Å². The molecule has 6 heteroatoms.